The largest absolute Gasteiger partial charge is 0.325 e. The molecule has 0 aliphatic carbocycles. The molecular formula is C15H14ClNOS. The molecule has 98 valence electrons. The number of nitrogens with one attached hydrogen (secondary N) is 1. The first kappa shape index (κ1) is 12.7. The van der Waals surface area contributed by atoms with E-state index in [-0.39, 0.29) is 11.3 Å². The minimum Gasteiger partial charge on any atom is -0.325 e. The first-order valence-electron chi connectivity index (χ1n) is 6.13. The van der Waals surface area contributed by atoms with Crippen LogP contribution in [0.4, 0.5) is 5.69 Å². The van der Waals surface area contributed by atoms with Crippen LogP contribution in [0.5, 0.6) is 0 Å². The Morgan fingerprint density at radius 3 is 2.79 bits per heavy atom. The summed E-state index contributed by atoms with van der Waals surface area (Å²) in [7, 11) is 0. The molecule has 0 spiro atoms. The number of fused-ring (bicyclic) bond motifs is 1. The fraction of sp³-hybridized carbons (Fsp3) is 0.267. The molecule has 1 amide bonds. The van der Waals surface area contributed by atoms with E-state index in [1.54, 1.807) is 11.3 Å². The number of hydrogen-bond donors (Lipinski definition) is 1. The molecule has 1 aliphatic heterocycles. The molecule has 1 atom stereocenters. The number of alkyl halides is 1. The number of benzene rings is 1. The van der Waals surface area contributed by atoms with Gasteiger partial charge in [0.1, 0.15) is 0 Å². The van der Waals surface area contributed by atoms with Crippen LogP contribution >= 0.6 is 22.9 Å². The van der Waals surface area contributed by atoms with E-state index in [0.29, 0.717) is 0 Å². The SMILES string of the molecule is CC1(C)C(=O)Nc2ccc(C(Cl)c3cccs3)cc21. The van der Waals surface area contributed by atoms with Gasteiger partial charge in [0.15, 0.2) is 0 Å². The van der Waals surface area contributed by atoms with Crippen molar-refractivity contribution in [1.82, 2.24) is 0 Å². The molecular weight excluding hydrogens is 278 g/mol. The lowest BCUT2D eigenvalue weighted by molar-refractivity contribution is -0.119. The molecule has 1 aromatic carbocycles. The quantitative estimate of drug-likeness (QED) is 0.821. The number of rotatable bonds is 2. The van der Waals surface area contributed by atoms with E-state index in [4.69, 9.17) is 11.6 Å². The van der Waals surface area contributed by atoms with Crippen LogP contribution in [-0.2, 0) is 10.2 Å². The highest BCUT2D eigenvalue weighted by molar-refractivity contribution is 7.10. The van der Waals surface area contributed by atoms with Gasteiger partial charge in [0.05, 0.1) is 10.8 Å². The van der Waals surface area contributed by atoms with Gasteiger partial charge in [0.25, 0.3) is 0 Å². The summed E-state index contributed by atoms with van der Waals surface area (Å²) in [6.45, 7) is 3.87. The fourth-order valence-corrected chi connectivity index (χ4v) is 3.44. The highest BCUT2D eigenvalue weighted by atomic mass is 35.5. The van der Waals surface area contributed by atoms with Crippen molar-refractivity contribution in [3.8, 4) is 0 Å². The number of halogens is 1. The van der Waals surface area contributed by atoms with Crippen molar-refractivity contribution in [2.24, 2.45) is 0 Å². The maximum absolute atomic E-state index is 11.9. The Labute approximate surface area is 121 Å². The zero-order chi connectivity index (χ0) is 13.6. The van der Waals surface area contributed by atoms with Crippen LogP contribution in [0.2, 0.25) is 0 Å². The van der Waals surface area contributed by atoms with E-state index in [2.05, 4.69) is 5.32 Å². The van der Waals surface area contributed by atoms with Gasteiger partial charge in [-0.2, -0.15) is 0 Å². The lowest BCUT2D eigenvalue weighted by Crippen LogP contribution is -2.26. The number of amides is 1. The van der Waals surface area contributed by atoms with E-state index in [0.717, 1.165) is 21.7 Å². The van der Waals surface area contributed by atoms with Crippen molar-refractivity contribution in [3.63, 3.8) is 0 Å². The van der Waals surface area contributed by atoms with Gasteiger partial charge in [0.2, 0.25) is 5.91 Å². The molecule has 1 aromatic heterocycles. The summed E-state index contributed by atoms with van der Waals surface area (Å²) in [6, 6.07) is 10.0. The topological polar surface area (TPSA) is 29.1 Å². The van der Waals surface area contributed by atoms with Crippen LogP contribution < -0.4 is 5.32 Å². The molecule has 1 N–H and O–H groups in total. The number of carbonyl (C=O) groups excluding carboxylic acids is 1. The summed E-state index contributed by atoms with van der Waals surface area (Å²) >= 11 is 8.15. The Morgan fingerprint density at radius 2 is 2.11 bits per heavy atom. The van der Waals surface area contributed by atoms with Crippen LogP contribution in [0.3, 0.4) is 0 Å². The third-order valence-corrected chi connectivity index (χ3v) is 5.17. The standard InChI is InChI=1S/C15H14ClNOS/c1-15(2)10-8-9(5-6-11(10)17-14(15)18)13(16)12-4-3-7-19-12/h3-8,13H,1-2H3,(H,17,18). The maximum atomic E-state index is 11.9. The monoisotopic (exact) mass is 291 g/mol. The van der Waals surface area contributed by atoms with Crippen LogP contribution in [0.15, 0.2) is 35.7 Å². The van der Waals surface area contributed by atoms with Crippen molar-refractivity contribution >= 4 is 34.5 Å². The zero-order valence-electron chi connectivity index (χ0n) is 10.7. The maximum Gasteiger partial charge on any atom is 0.234 e. The molecule has 3 rings (SSSR count). The molecule has 0 fully saturated rings. The third kappa shape index (κ3) is 1.97. The van der Waals surface area contributed by atoms with E-state index in [1.165, 1.54) is 0 Å². The minimum atomic E-state index is -0.489. The first-order valence-corrected chi connectivity index (χ1v) is 7.45. The molecule has 2 aromatic rings. The number of carbonyl (C=O) groups is 1. The molecule has 1 unspecified atom stereocenters. The summed E-state index contributed by atoms with van der Waals surface area (Å²) in [4.78, 5) is 13.0. The van der Waals surface area contributed by atoms with E-state index in [1.807, 2.05) is 49.6 Å². The average Bonchev–Trinajstić information content (AvgIpc) is 2.98. The molecule has 0 saturated carbocycles. The van der Waals surface area contributed by atoms with Crippen molar-refractivity contribution in [1.29, 1.82) is 0 Å². The van der Waals surface area contributed by atoms with Gasteiger partial charge in [-0.1, -0.05) is 18.2 Å². The van der Waals surface area contributed by atoms with E-state index >= 15 is 0 Å². The highest BCUT2D eigenvalue weighted by Gasteiger charge is 2.38. The summed E-state index contributed by atoms with van der Waals surface area (Å²) in [5.74, 6) is 0.0434. The zero-order valence-corrected chi connectivity index (χ0v) is 12.3. The summed E-state index contributed by atoms with van der Waals surface area (Å²) in [5, 5.41) is 4.77. The van der Waals surface area contributed by atoms with Gasteiger partial charge in [-0.05, 0) is 42.5 Å². The van der Waals surface area contributed by atoms with Gasteiger partial charge in [-0.15, -0.1) is 22.9 Å². The summed E-state index contributed by atoms with van der Waals surface area (Å²) < 4.78 is 0. The first-order chi connectivity index (χ1) is 9.00. The van der Waals surface area contributed by atoms with Gasteiger partial charge >= 0.3 is 0 Å². The highest BCUT2D eigenvalue weighted by Crippen LogP contribution is 2.41. The normalized spacial score (nSPS) is 17.9. The Balaban J connectivity index is 2.04. The summed E-state index contributed by atoms with van der Waals surface area (Å²) in [6.07, 6.45) is 0. The molecule has 2 nitrogen and oxygen atoms in total. The van der Waals surface area contributed by atoms with Crippen molar-refractivity contribution in [2.45, 2.75) is 24.6 Å². The van der Waals surface area contributed by atoms with Gasteiger partial charge < -0.3 is 5.32 Å². The predicted octanol–water partition coefficient (Wildman–Crippen LogP) is 4.31. The average molecular weight is 292 g/mol. The number of hydrogen-bond acceptors (Lipinski definition) is 2. The number of thiophene rings is 1. The molecule has 0 radical (unpaired) electrons. The van der Waals surface area contributed by atoms with Gasteiger partial charge in [0, 0.05) is 10.6 Å². The molecule has 2 heterocycles. The minimum absolute atomic E-state index is 0.0434. The fourth-order valence-electron chi connectivity index (χ4n) is 2.35. The number of anilines is 1. The molecule has 0 bridgehead atoms. The summed E-state index contributed by atoms with van der Waals surface area (Å²) in [5.41, 5.74) is 2.47. The third-order valence-electron chi connectivity index (χ3n) is 3.62. The van der Waals surface area contributed by atoms with Gasteiger partial charge in [-0.3, -0.25) is 4.79 Å². The lowest BCUT2D eigenvalue weighted by atomic mass is 9.85. The molecule has 4 heteroatoms. The van der Waals surface area contributed by atoms with Crippen LogP contribution in [0, 0.1) is 0 Å². The smallest absolute Gasteiger partial charge is 0.234 e. The van der Waals surface area contributed by atoms with Crippen LogP contribution in [0.1, 0.15) is 35.2 Å². The van der Waals surface area contributed by atoms with Gasteiger partial charge in [-0.25, -0.2) is 0 Å². The Bertz CT molecular complexity index is 634. The second-order valence-electron chi connectivity index (χ2n) is 5.26. The van der Waals surface area contributed by atoms with Crippen molar-refractivity contribution < 1.29 is 4.79 Å². The second-order valence-corrected chi connectivity index (χ2v) is 6.68. The van der Waals surface area contributed by atoms with Crippen molar-refractivity contribution in [3.05, 3.63) is 51.7 Å². The van der Waals surface area contributed by atoms with Crippen molar-refractivity contribution in [2.75, 3.05) is 5.32 Å². The van der Waals surface area contributed by atoms with Crippen LogP contribution in [-0.4, -0.2) is 5.91 Å². The Morgan fingerprint density at radius 1 is 1.32 bits per heavy atom. The Hall–Kier alpha value is -1.32. The molecule has 0 saturated heterocycles. The molecule has 1 aliphatic rings. The molecule has 19 heavy (non-hydrogen) atoms. The van der Waals surface area contributed by atoms with Crippen LogP contribution in [0.25, 0.3) is 0 Å². The van der Waals surface area contributed by atoms with E-state index < -0.39 is 5.41 Å². The second kappa shape index (κ2) is 4.36. The Kier molecular flexibility index (Phi) is 2.91. The van der Waals surface area contributed by atoms with E-state index in [9.17, 15) is 4.79 Å². The lowest BCUT2D eigenvalue weighted by Gasteiger charge is -2.17. The predicted molar refractivity (Wildman–Crippen MR) is 80.1 cm³/mol.